The fourth-order valence-electron chi connectivity index (χ4n) is 3.30. The van der Waals surface area contributed by atoms with Crippen LogP contribution in [0.2, 0.25) is 0 Å². The molecule has 1 unspecified atom stereocenters. The van der Waals surface area contributed by atoms with Gasteiger partial charge in [-0.05, 0) is 50.9 Å². The zero-order valence-corrected chi connectivity index (χ0v) is 14.5. The molecule has 2 heterocycles. The number of amides is 1. The predicted octanol–water partition coefficient (Wildman–Crippen LogP) is 3.22. The van der Waals surface area contributed by atoms with Gasteiger partial charge in [-0.1, -0.05) is 17.3 Å². The third kappa shape index (κ3) is 5.13. The molecule has 25 heavy (non-hydrogen) atoms. The minimum absolute atomic E-state index is 0.0249. The molecule has 1 aromatic carbocycles. The standard InChI is InChI=1S/C19H24FN3O2/c1-23-9-3-4-14(13-23)7-8-19(24)21-12-17-11-18(22-25-17)15-5-2-6-16(20)10-15/h2,5-6,10-11,14H,3-4,7-9,12-13H2,1H3,(H,21,24). The maximum atomic E-state index is 13.3. The summed E-state index contributed by atoms with van der Waals surface area (Å²) in [6, 6.07) is 7.91. The van der Waals surface area contributed by atoms with E-state index in [1.165, 1.54) is 25.0 Å². The van der Waals surface area contributed by atoms with Crippen molar-refractivity contribution < 1.29 is 13.7 Å². The Labute approximate surface area is 147 Å². The molecule has 1 aromatic heterocycles. The van der Waals surface area contributed by atoms with E-state index in [0.717, 1.165) is 19.5 Å². The van der Waals surface area contributed by atoms with Crippen LogP contribution in [0.15, 0.2) is 34.9 Å². The van der Waals surface area contributed by atoms with E-state index in [-0.39, 0.29) is 11.7 Å². The monoisotopic (exact) mass is 345 g/mol. The molecule has 0 bridgehead atoms. The summed E-state index contributed by atoms with van der Waals surface area (Å²) in [7, 11) is 2.13. The summed E-state index contributed by atoms with van der Waals surface area (Å²) in [5.41, 5.74) is 1.22. The molecule has 5 nitrogen and oxygen atoms in total. The van der Waals surface area contributed by atoms with Gasteiger partial charge in [0, 0.05) is 24.6 Å². The van der Waals surface area contributed by atoms with Crippen LogP contribution < -0.4 is 5.32 Å². The normalized spacial score (nSPS) is 18.2. The zero-order chi connectivity index (χ0) is 17.6. The van der Waals surface area contributed by atoms with E-state index in [9.17, 15) is 9.18 Å². The highest BCUT2D eigenvalue weighted by atomic mass is 19.1. The maximum Gasteiger partial charge on any atom is 0.220 e. The van der Waals surface area contributed by atoms with Crippen LogP contribution in [0.1, 0.15) is 31.4 Å². The first-order valence-electron chi connectivity index (χ1n) is 8.77. The van der Waals surface area contributed by atoms with Crippen LogP contribution in [0.25, 0.3) is 11.3 Å². The first-order chi connectivity index (χ1) is 12.1. The lowest BCUT2D eigenvalue weighted by Crippen LogP contribution is -2.33. The van der Waals surface area contributed by atoms with Crippen LogP contribution in [0.3, 0.4) is 0 Å². The molecule has 3 rings (SSSR count). The van der Waals surface area contributed by atoms with Gasteiger partial charge in [-0.25, -0.2) is 4.39 Å². The van der Waals surface area contributed by atoms with Crippen LogP contribution in [0, 0.1) is 11.7 Å². The fourth-order valence-corrected chi connectivity index (χ4v) is 3.30. The molecule has 1 N–H and O–H groups in total. The second-order valence-corrected chi connectivity index (χ2v) is 6.77. The van der Waals surface area contributed by atoms with Crippen molar-refractivity contribution in [1.29, 1.82) is 0 Å². The smallest absolute Gasteiger partial charge is 0.220 e. The average molecular weight is 345 g/mol. The van der Waals surface area contributed by atoms with Crippen molar-refractivity contribution in [2.45, 2.75) is 32.2 Å². The molecule has 2 aromatic rings. The van der Waals surface area contributed by atoms with Crippen molar-refractivity contribution >= 4 is 5.91 Å². The molecule has 1 aliphatic heterocycles. The lowest BCUT2D eigenvalue weighted by molar-refractivity contribution is -0.121. The number of likely N-dealkylation sites (tertiary alicyclic amines) is 1. The molecule has 134 valence electrons. The number of hydrogen-bond donors (Lipinski definition) is 1. The Morgan fingerprint density at radius 1 is 1.44 bits per heavy atom. The summed E-state index contributed by atoms with van der Waals surface area (Å²) in [4.78, 5) is 14.4. The van der Waals surface area contributed by atoms with Gasteiger partial charge in [0.1, 0.15) is 11.5 Å². The molecule has 1 fully saturated rings. The topological polar surface area (TPSA) is 58.4 Å². The van der Waals surface area contributed by atoms with Crippen molar-refractivity contribution in [3.8, 4) is 11.3 Å². The molecular formula is C19H24FN3O2. The zero-order valence-electron chi connectivity index (χ0n) is 14.5. The number of nitrogens with zero attached hydrogens (tertiary/aromatic N) is 2. The van der Waals surface area contributed by atoms with Gasteiger partial charge in [-0.2, -0.15) is 0 Å². The lowest BCUT2D eigenvalue weighted by atomic mass is 9.93. The van der Waals surface area contributed by atoms with E-state index >= 15 is 0 Å². The molecule has 0 aliphatic carbocycles. The Kier molecular flexibility index (Phi) is 5.81. The lowest BCUT2D eigenvalue weighted by Gasteiger charge is -2.29. The van der Waals surface area contributed by atoms with Gasteiger partial charge in [0.25, 0.3) is 0 Å². The molecule has 1 aliphatic rings. The van der Waals surface area contributed by atoms with Crippen LogP contribution >= 0.6 is 0 Å². The Hall–Kier alpha value is -2.21. The van der Waals surface area contributed by atoms with Crippen molar-refractivity contribution in [1.82, 2.24) is 15.4 Å². The van der Waals surface area contributed by atoms with Gasteiger partial charge in [-0.3, -0.25) is 4.79 Å². The summed E-state index contributed by atoms with van der Waals surface area (Å²) < 4.78 is 18.5. The van der Waals surface area contributed by atoms with E-state index in [1.54, 1.807) is 18.2 Å². The Balaban J connectivity index is 1.45. The summed E-state index contributed by atoms with van der Waals surface area (Å²) in [6.07, 6.45) is 3.87. The SMILES string of the molecule is CN1CCCC(CCC(=O)NCc2cc(-c3cccc(F)c3)no2)C1. The number of nitrogens with one attached hydrogen (secondary N) is 1. The van der Waals surface area contributed by atoms with Crippen LogP contribution in [-0.2, 0) is 11.3 Å². The molecular weight excluding hydrogens is 321 g/mol. The van der Waals surface area contributed by atoms with Crippen molar-refractivity contribution in [2.75, 3.05) is 20.1 Å². The van der Waals surface area contributed by atoms with Gasteiger partial charge in [0.15, 0.2) is 5.76 Å². The minimum Gasteiger partial charge on any atom is -0.359 e. The van der Waals surface area contributed by atoms with Gasteiger partial charge in [-0.15, -0.1) is 0 Å². The Morgan fingerprint density at radius 2 is 2.32 bits per heavy atom. The summed E-state index contributed by atoms with van der Waals surface area (Å²) in [6.45, 7) is 2.53. The third-order valence-corrected chi connectivity index (χ3v) is 4.64. The average Bonchev–Trinajstić information content (AvgIpc) is 3.07. The number of rotatable bonds is 6. The highest BCUT2D eigenvalue weighted by Crippen LogP contribution is 2.21. The molecule has 0 radical (unpaired) electrons. The first kappa shape index (κ1) is 17.6. The molecule has 0 saturated carbocycles. The Bertz CT molecular complexity index is 716. The predicted molar refractivity (Wildman–Crippen MR) is 93.2 cm³/mol. The van der Waals surface area contributed by atoms with Crippen LogP contribution in [0.4, 0.5) is 4.39 Å². The van der Waals surface area contributed by atoms with Crippen molar-refractivity contribution in [2.24, 2.45) is 5.92 Å². The van der Waals surface area contributed by atoms with E-state index in [4.69, 9.17) is 4.52 Å². The van der Waals surface area contributed by atoms with Gasteiger partial charge in [0.05, 0.1) is 6.54 Å². The second kappa shape index (κ2) is 8.25. The van der Waals surface area contributed by atoms with Gasteiger partial charge >= 0.3 is 0 Å². The molecule has 0 spiro atoms. The molecule has 6 heteroatoms. The number of benzene rings is 1. The molecule has 1 atom stereocenters. The van der Waals surface area contributed by atoms with Gasteiger partial charge < -0.3 is 14.7 Å². The van der Waals surface area contributed by atoms with E-state index < -0.39 is 0 Å². The summed E-state index contributed by atoms with van der Waals surface area (Å²) in [5, 5.41) is 6.80. The summed E-state index contributed by atoms with van der Waals surface area (Å²) >= 11 is 0. The van der Waals surface area contributed by atoms with Crippen molar-refractivity contribution in [3.63, 3.8) is 0 Å². The number of hydrogen-bond acceptors (Lipinski definition) is 4. The highest BCUT2D eigenvalue weighted by molar-refractivity contribution is 5.75. The number of carbonyl (C=O) groups is 1. The van der Waals surface area contributed by atoms with E-state index in [1.807, 2.05) is 0 Å². The van der Waals surface area contributed by atoms with E-state index in [0.29, 0.717) is 35.9 Å². The van der Waals surface area contributed by atoms with Crippen LogP contribution in [-0.4, -0.2) is 36.1 Å². The van der Waals surface area contributed by atoms with Gasteiger partial charge in [0.2, 0.25) is 5.91 Å². The fraction of sp³-hybridized carbons (Fsp3) is 0.474. The third-order valence-electron chi connectivity index (χ3n) is 4.64. The number of halogens is 1. The number of piperidine rings is 1. The highest BCUT2D eigenvalue weighted by Gasteiger charge is 2.18. The summed E-state index contributed by atoms with van der Waals surface area (Å²) in [5.74, 6) is 0.875. The number of carbonyl (C=O) groups excluding carboxylic acids is 1. The van der Waals surface area contributed by atoms with Crippen LogP contribution in [0.5, 0.6) is 0 Å². The second-order valence-electron chi connectivity index (χ2n) is 6.77. The minimum atomic E-state index is -0.316. The Morgan fingerprint density at radius 3 is 3.12 bits per heavy atom. The number of aromatic nitrogens is 1. The van der Waals surface area contributed by atoms with Crippen molar-refractivity contribution in [3.05, 3.63) is 41.9 Å². The van der Waals surface area contributed by atoms with E-state index in [2.05, 4.69) is 22.4 Å². The maximum absolute atomic E-state index is 13.3. The first-order valence-corrected chi connectivity index (χ1v) is 8.77. The quantitative estimate of drug-likeness (QED) is 0.873. The molecule has 1 amide bonds. The molecule has 1 saturated heterocycles. The largest absolute Gasteiger partial charge is 0.359 e.